The van der Waals surface area contributed by atoms with E-state index in [1.54, 1.807) is 18.8 Å². The largest absolute Gasteiger partial charge is 0.341 e. The SMILES string of the molecule is CNc1nc(CSC(C)(C)C)no1. The zero-order chi connectivity index (χ0) is 9.90. The zero-order valence-corrected chi connectivity index (χ0v) is 9.23. The maximum Gasteiger partial charge on any atom is 0.321 e. The van der Waals surface area contributed by atoms with Gasteiger partial charge in [-0.2, -0.15) is 4.98 Å². The van der Waals surface area contributed by atoms with Gasteiger partial charge in [0.15, 0.2) is 5.82 Å². The highest BCUT2D eigenvalue weighted by atomic mass is 32.2. The van der Waals surface area contributed by atoms with Crippen molar-refractivity contribution in [3.05, 3.63) is 5.82 Å². The molecular weight excluding hydrogens is 186 g/mol. The molecule has 5 heteroatoms. The van der Waals surface area contributed by atoms with E-state index >= 15 is 0 Å². The van der Waals surface area contributed by atoms with Crippen molar-refractivity contribution in [2.75, 3.05) is 12.4 Å². The van der Waals surface area contributed by atoms with Crippen LogP contribution in [0, 0.1) is 0 Å². The van der Waals surface area contributed by atoms with Gasteiger partial charge in [0.05, 0.1) is 5.75 Å². The predicted molar refractivity (Wildman–Crippen MR) is 54.9 cm³/mol. The minimum atomic E-state index is 0.237. The Bertz CT molecular complexity index is 267. The van der Waals surface area contributed by atoms with E-state index in [4.69, 9.17) is 4.52 Å². The van der Waals surface area contributed by atoms with E-state index < -0.39 is 0 Å². The summed E-state index contributed by atoms with van der Waals surface area (Å²) >= 11 is 1.80. The lowest BCUT2D eigenvalue weighted by atomic mass is 10.3. The minimum absolute atomic E-state index is 0.237. The average Bonchev–Trinajstić information content (AvgIpc) is 2.47. The van der Waals surface area contributed by atoms with Crippen LogP contribution in [0.5, 0.6) is 0 Å². The summed E-state index contributed by atoms with van der Waals surface area (Å²) < 4.78 is 5.13. The second-order valence-electron chi connectivity index (χ2n) is 3.67. The fraction of sp³-hybridized carbons (Fsp3) is 0.750. The van der Waals surface area contributed by atoms with Crippen LogP contribution in [-0.4, -0.2) is 21.9 Å². The predicted octanol–water partition coefficient (Wildman–Crippen LogP) is 2.14. The van der Waals surface area contributed by atoms with Crippen LogP contribution in [0.1, 0.15) is 26.6 Å². The van der Waals surface area contributed by atoms with E-state index in [1.165, 1.54) is 0 Å². The summed E-state index contributed by atoms with van der Waals surface area (Å²) in [6, 6.07) is 0.476. The average molecular weight is 201 g/mol. The van der Waals surface area contributed by atoms with Crippen molar-refractivity contribution in [2.24, 2.45) is 0 Å². The van der Waals surface area contributed by atoms with Gasteiger partial charge in [-0.3, -0.25) is 0 Å². The third-order valence-electron chi connectivity index (χ3n) is 1.32. The van der Waals surface area contributed by atoms with Crippen LogP contribution >= 0.6 is 11.8 Å². The summed E-state index contributed by atoms with van der Waals surface area (Å²) in [4.78, 5) is 4.12. The molecule has 0 atom stereocenters. The molecule has 0 bridgehead atoms. The normalized spacial score (nSPS) is 11.7. The lowest BCUT2D eigenvalue weighted by molar-refractivity contribution is 0.427. The van der Waals surface area contributed by atoms with Gasteiger partial charge in [-0.25, -0.2) is 0 Å². The number of rotatable bonds is 3. The van der Waals surface area contributed by atoms with Gasteiger partial charge in [0, 0.05) is 11.8 Å². The van der Waals surface area contributed by atoms with E-state index in [-0.39, 0.29) is 4.75 Å². The number of nitrogens with one attached hydrogen (secondary N) is 1. The number of nitrogens with zero attached hydrogens (tertiary/aromatic N) is 2. The highest BCUT2D eigenvalue weighted by molar-refractivity contribution is 7.99. The minimum Gasteiger partial charge on any atom is -0.341 e. The van der Waals surface area contributed by atoms with Crippen LogP contribution in [0.15, 0.2) is 4.52 Å². The molecule has 0 unspecified atom stereocenters. The second kappa shape index (κ2) is 4.00. The Hall–Kier alpha value is -0.710. The summed E-state index contributed by atoms with van der Waals surface area (Å²) in [5.41, 5.74) is 0. The molecule has 1 aromatic heterocycles. The maximum atomic E-state index is 4.89. The standard InChI is InChI=1S/C8H15N3OS/c1-8(2,3)13-5-6-10-7(9-4)12-11-6/h5H2,1-4H3,(H,9,10,11). The Morgan fingerprint density at radius 3 is 2.62 bits per heavy atom. The van der Waals surface area contributed by atoms with Crippen LogP contribution in [0.25, 0.3) is 0 Å². The Morgan fingerprint density at radius 2 is 2.15 bits per heavy atom. The van der Waals surface area contributed by atoms with Gasteiger partial charge in [0.25, 0.3) is 0 Å². The van der Waals surface area contributed by atoms with Gasteiger partial charge in [-0.05, 0) is 0 Å². The van der Waals surface area contributed by atoms with E-state index in [1.807, 2.05) is 0 Å². The van der Waals surface area contributed by atoms with Crippen molar-refractivity contribution >= 4 is 17.8 Å². The molecule has 0 aromatic carbocycles. The molecule has 0 aliphatic heterocycles. The Morgan fingerprint density at radius 1 is 1.46 bits per heavy atom. The van der Waals surface area contributed by atoms with Crippen LogP contribution in [0.2, 0.25) is 0 Å². The van der Waals surface area contributed by atoms with Crippen LogP contribution in [-0.2, 0) is 5.75 Å². The third kappa shape index (κ3) is 3.67. The molecule has 1 aromatic rings. The molecule has 1 heterocycles. The lowest BCUT2D eigenvalue weighted by Crippen LogP contribution is -2.07. The van der Waals surface area contributed by atoms with Crippen molar-refractivity contribution in [2.45, 2.75) is 31.3 Å². The fourth-order valence-electron chi connectivity index (χ4n) is 0.695. The number of hydrogen-bond donors (Lipinski definition) is 1. The molecule has 0 radical (unpaired) electrons. The first-order valence-corrected chi connectivity index (χ1v) is 5.14. The highest BCUT2D eigenvalue weighted by Crippen LogP contribution is 2.26. The van der Waals surface area contributed by atoms with Crippen molar-refractivity contribution in [3.63, 3.8) is 0 Å². The summed E-state index contributed by atoms with van der Waals surface area (Å²) in [5.74, 6) is 1.53. The van der Waals surface area contributed by atoms with Crippen molar-refractivity contribution in [1.29, 1.82) is 0 Å². The Balaban J connectivity index is 2.46. The van der Waals surface area contributed by atoms with Crippen LogP contribution in [0.3, 0.4) is 0 Å². The number of hydrogen-bond acceptors (Lipinski definition) is 5. The van der Waals surface area contributed by atoms with Crippen molar-refractivity contribution in [3.8, 4) is 0 Å². The van der Waals surface area contributed by atoms with Gasteiger partial charge in [-0.15, -0.1) is 11.8 Å². The van der Waals surface area contributed by atoms with E-state index in [9.17, 15) is 0 Å². The van der Waals surface area contributed by atoms with Crippen LogP contribution < -0.4 is 5.32 Å². The fourth-order valence-corrected chi connectivity index (χ4v) is 1.37. The van der Waals surface area contributed by atoms with Gasteiger partial charge >= 0.3 is 6.01 Å². The molecule has 74 valence electrons. The van der Waals surface area contributed by atoms with Gasteiger partial charge in [-0.1, -0.05) is 25.9 Å². The number of anilines is 1. The van der Waals surface area contributed by atoms with E-state index in [0.29, 0.717) is 6.01 Å². The molecular formula is C8H15N3OS. The first-order chi connectivity index (χ1) is 6.01. The number of aromatic nitrogens is 2. The molecule has 0 fully saturated rings. The molecule has 4 nitrogen and oxygen atoms in total. The maximum absolute atomic E-state index is 4.89. The monoisotopic (exact) mass is 201 g/mol. The molecule has 0 saturated carbocycles. The third-order valence-corrected chi connectivity index (χ3v) is 2.58. The Kier molecular flexibility index (Phi) is 3.19. The van der Waals surface area contributed by atoms with Gasteiger partial charge < -0.3 is 9.84 Å². The van der Waals surface area contributed by atoms with E-state index in [2.05, 4.69) is 36.2 Å². The molecule has 13 heavy (non-hydrogen) atoms. The summed E-state index contributed by atoms with van der Waals surface area (Å²) in [5, 5.41) is 6.62. The van der Waals surface area contributed by atoms with Crippen LogP contribution in [0.4, 0.5) is 6.01 Å². The zero-order valence-electron chi connectivity index (χ0n) is 8.42. The number of thioether (sulfide) groups is 1. The Labute approximate surface area is 82.5 Å². The molecule has 0 spiro atoms. The quantitative estimate of drug-likeness (QED) is 0.812. The molecule has 0 saturated heterocycles. The van der Waals surface area contributed by atoms with E-state index in [0.717, 1.165) is 11.6 Å². The van der Waals surface area contributed by atoms with Gasteiger partial charge in [0.2, 0.25) is 0 Å². The molecule has 0 amide bonds. The first kappa shape index (κ1) is 10.4. The lowest BCUT2D eigenvalue weighted by Gasteiger charge is -2.15. The van der Waals surface area contributed by atoms with Gasteiger partial charge in [0.1, 0.15) is 0 Å². The van der Waals surface area contributed by atoms with Crippen molar-refractivity contribution < 1.29 is 4.52 Å². The first-order valence-electron chi connectivity index (χ1n) is 4.15. The highest BCUT2D eigenvalue weighted by Gasteiger charge is 2.13. The molecule has 1 N–H and O–H groups in total. The second-order valence-corrected chi connectivity index (χ2v) is 5.47. The summed E-state index contributed by atoms with van der Waals surface area (Å²) in [7, 11) is 1.76. The topological polar surface area (TPSA) is 51.0 Å². The van der Waals surface area contributed by atoms with Crippen molar-refractivity contribution in [1.82, 2.24) is 10.1 Å². The summed E-state index contributed by atoms with van der Waals surface area (Å²) in [6.45, 7) is 6.49. The molecule has 1 rings (SSSR count). The smallest absolute Gasteiger partial charge is 0.321 e. The molecule has 0 aliphatic rings. The molecule has 0 aliphatic carbocycles. The summed E-state index contributed by atoms with van der Waals surface area (Å²) in [6.07, 6.45) is 0.